The highest BCUT2D eigenvalue weighted by atomic mass is 32.1. The van der Waals surface area contributed by atoms with Gasteiger partial charge in [0.2, 0.25) is 0 Å². The first-order valence-corrected chi connectivity index (χ1v) is 6.62. The van der Waals surface area contributed by atoms with E-state index in [9.17, 15) is 14.9 Å². The first-order chi connectivity index (χ1) is 9.60. The van der Waals surface area contributed by atoms with E-state index in [1.54, 1.807) is 24.4 Å². The van der Waals surface area contributed by atoms with Crippen LogP contribution in [0.5, 0.6) is 0 Å². The van der Waals surface area contributed by atoms with Gasteiger partial charge in [-0.3, -0.25) is 10.1 Å². The van der Waals surface area contributed by atoms with Gasteiger partial charge in [-0.15, -0.1) is 11.3 Å². The lowest BCUT2D eigenvalue weighted by Gasteiger charge is -2.01. The fraction of sp³-hybridized carbons (Fsp3) is 0.167. The summed E-state index contributed by atoms with van der Waals surface area (Å²) >= 11 is 1.25. The molecule has 1 aromatic heterocycles. The second kappa shape index (κ2) is 6.11. The molecule has 0 unspecified atom stereocenters. The van der Waals surface area contributed by atoms with Gasteiger partial charge in [-0.05, 0) is 19.1 Å². The Bertz CT molecular complexity index is 624. The maximum absolute atomic E-state index is 11.4. The molecule has 7 nitrogen and oxygen atoms in total. The normalized spacial score (nSPS) is 10.1. The molecule has 0 radical (unpaired) electrons. The zero-order valence-corrected chi connectivity index (χ0v) is 11.3. The number of ether oxygens (including phenoxy) is 1. The summed E-state index contributed by atoms with van der Waals surface area (Å²) < 4.78 is 4.84. The van der Waals surface area contributed by atoms with Crippen LogP contribution in [-0.2, 0) is 4.74 Å². The number of rotatable bonds is 5. The van der Waals surface area contributed by atoms with Gasteiger partial charge in [0, 0.05) is 23.2 Å². The monoisotopic (exact) mass is 293 g/mol. The molecule has 0 aliphatic rings. The molecule has 2 aromatic rings. The minimum Gasteiger partial charge on any atom is -0.461 e. The lowest BCUT2D eigenvalue weighted by Crippen LogP contribution is -2.04. The number of hydrogen-bond donors (Lipinski definition) is 1. The van der Waals surface area contributed by atoms with E-state index in [1.807, 2.05) is 0 Å². The number of carbonyl (C=O) groups excluding carboxylic acids is 1. The maximum Gasteiger partial charge on any atom is 0.357 e. The standard InChI is InChI=1S/C12H11N3O4S/c1-2-19-11(16)10-7-20-12(14-10)13-8-3-5-9(6-4-8)15(17)18/h3-7H,2H2,1H3,(H,13,14). The minimum absolute atomic E-state index is 0.0156. The average Bonchev–Trinajstić information content (AvgIpc) is 2.88. The number of nitro benzene ring substituents is 1. The molecule has 0 aliphatic carbocycles. The third-order valence-electron chi connectivity index (χ3n) is 2.32. The van der Waals surface area contributed by atoms with E-state index in [0.717, 1.165) is 0 Å². The Morgan fingerprint density at radius 3 is 2.75 bits per heavy atom. The van der Waals surface area contributed by atoms with Crippen molar-refractivity contribution in [2.24, 2.45) is 0 Å². The number of hydrogen-bond acceptors (Lipinski definition) is 7. The average molecular weight is 293 g/mol. The number of carbonyl (C=O) groups is 1. The van der Waals surface area contributed by atoms with E-state index in [0.29, 0.717) is 17.4 Å². The predicted octanol–water partition coefficient (Wildman–Crippen LogP) is 2.97. The molecular formula is C12H11N3O4S. The highest BCUT2D eigenvalue weighted by molar-refractivity contribution is 7.14. The molecule has 0 saturated heterocycles. The second-order valence-corrected chi connectivity index (χ2v) is 4.55. The quantitative estimate of drug-likeness (QED) is 0.517. The zero-order valence-electron chi connectivity index (χ0n) is 10.5. The number of nitro groups is 1. The number of aromatic nitrogens is 1. The summed E-state index contributed by atoms with van der Waals surface area (Å²) in [5.41, 5.74) is 0.906. The van der Waals surface area contributed by atoms with Crippen LogP contribution in [0.2, 0.25) is 0 Å². The van der Waals surface area contributed by atoms with E-state index in [4.69, 9.17) is 4.74 Å². The third kappa shape index (κ3) is 3.29. The van der Waals surface area contributed by atoms with Crippen LogP contribution < -0.4 is 5.32 Å². The molecule has 0 aliphatic heterocycles. The van der Waals surface area contributed by atoms with Gasteiger partial charge in [0.1, 0.15) is 0 Å². The lowest BCUT2D eigenvalue weighted by atomic mass is 10.3. The number of benzene rings is 1. The Kier molecular flexibility index (Phi) is 4.26. The summed E-state index contributed by atoms with van der Waals surface area (Å²) in [4.78, 5) is 25.6. The molecule has 0 saturated carbocycles. The largest absolute Gasteiger partial charge is 0.461 e. The first kappa shape index (κ1) is 13.9. The summed E-state index contributed by atoms with van der Waals surface area (Å²) in [6, 6.07) is 5.93. The molecule has 1 aromatic carbocycles. The first-order valence-electron chi connectivity index (χ1n) is 5.74. The Balaban J connectivity index is 2.06. The van der Waals surface area contributed by atoms with Crippen molar-refractivity contribution in [1.82, 2.24) is 4.98 Å². The molecule has 1 N–H and O–H groups in total. The van der Waals surface area contributed by atoms with Crippen molar-refractivity contribution < 1.29 is 14.5 Å². The zero-order chi connectivity index (χ0) is 14.5. The molecule has 20 heavy (non-hydrogen) atoms. The molecule has 0 bridgehead atoms. The number of esters is 1. The molecule has 0 amide bonds. The number of non-ortho nitro benzene ring substituents is 1. The van der Waals surface area contributed by atoms with Gasteiger partial charge < -0.3 is 10.1 Å². The van der Waals surface area contributed by atoms with Gasteiger partial charge in [-0.25, -0.2) is 9.78 Å². The van der Waals surface area contributed by atoms with Crippen molar-refractivity contribution in [3.63, 3.8) is 0 Å². The van der Waals surface area contributed by atoms with Gasteiger partial charge in [-0.1, -0.05) is 0 Å². The van der Waals surface area contributed by atoms with Crippen LogP contribution >= 0.6 is 11.3 Å². The highest BCUT2D eigenvalue weighted by Gasteiger charge is 2.12. The summed E-state index contributed by atoms with van der Waals surface area (Å²) in [5, 5.41) is 15.6. The van der Waals surface area contributed by atoms with Crippen LogP contribution in [0.25, 0.3) is 0 Å². The lowest BCUT2D eigenvalue weighted by molar-refractivity contribution is -0.384. The highest BCUT2D eigenvalue weighted by Crippen LogP contribution is 2.23. The fourth-order valence-electron chi connectivity index (χ4n) is 1.42. The minimum atomic E-state index is -0.472. The molecule has 0 fully saturated rings. The molecule has 104 valence electrons. The number of thiazole rings is 1. The third-order valence-corrected chi connectivity index (χ3v) is 3.08. The van der Waals surface area contributed by atoms with Crippen LogP contribution in [0.15, 0.2) is 29.6 Å². The SMILES string of the molecule is CCOC(=O)c1csc(Nc2ccc([N+](=O)[O-])cc2)n1. The van der Waals surface area contributed by atoms with E-state index >= 15 is 0 Å². The van der Waals surface area contributed by atoms with Crippen LogP contribution in [0.4, 0.5) is 16.5 Å². The van der Waals surface area contributed by atoms with Crippen molar-refractivity contribution in [3.05, 3.63) is 45.5 Å². The predicted molar refractivity (Wildman–Crippen MR) is 74.4 cm³/mol. The van der Waals surface area contributed by atoms with Gasteiger partial charge in [0.05, 0.1) is 11.5 Å². The van der Waals surface area contributed by atoms with Gasteiger partial charge >= 0.3 is 5.97 Å². The summed E-state index contributed by atoms with van der Waals surface area (Å²) in [5.74, 6) is -0.472. The maximum atomic E-state index is 11.4. The molecular weight excluding hydrogens is 282 g/mol. The molecule has 8 heteroatoms. The van der Waals surface area contributed by atoms with E-state index in [1.165, 1.54) is 23.5 Å². The Hall–Kier alpha value is -2.48. The summed E-state index contributed by atoms with van der Waals surface area (Å²) in [6.07, 6.45) is 0. The molecule has 2 rings (SSSR count). The second-order valence-electron chi connectivity index (χ2n) is 3.69. The van der Waals surface area contributed by atoms with Crippen molar-refractivity contribution in [2.75, 3.05) is 11.9 Å². The van der Waals surface area contributed by atoms with Crippen molar-refractivity contribution >= 4 is 33.8 Å². The topological polar surface area (TPSA) is 94.4 Å². The van der Waals surface area contributed by atoms with Gasteiger partial charge in [0.25, 0.3) is 5.69 Å². The van der Waals surface area contributed by atoms with Crippen LogP contribution in [0, 0.1) is 10.1 Å². The Morgan fingerprint density at radius 2 is 2.15 bits per heavy atom. The van der Waals surface area contributed by atoms with Crippen LogP contribution in [0.3, 0.4) is 0 Å². The van der Waals surface area contributed by atoms with Crippen molar-refractivity contribution in [1.29, 1.82) is 0 Å². The van der Waals surface area contributed by atoms with Gasteiger partial charge in [-0.2, -0.15) is 0 Å². The number of nitrogens with one attached hydrogen (secondary N) is 1. The molecule has 1 heterocycles. The fourth-order valence-corrected chi connectivity index (χ4v) is 2.12. The summed E-state index contributed by atoms with van der Waals surface area (Å²) in [6.45, 7) is 2.02. The van der Waals surface area contributed by atoms with E-state index in [2.05, 4.69) is 10.3 Å². The Morgan fingerprint density at radius 1 is 1.45 bits per heavy atom. The smallest absolute Gasteiger partial charge is 0.357 e. The molecule has 0 atom stereocenters. The van der Waals surface area contributed by atoms with Crippen LogP contribution in [-0.4, -0.2) is 22.5 Å². The molecule has 0 spiro atoms. The van der Waals surface area contributed by atoms with E-state index in [-0.39, 0.29) is 11.4 Å². The van der Waals surface area contributed by atoms with Crippen molar-refractivity contribution in [3.8, 4) is 0 Å². The van der Waals surface area contributed by atoms with E-state index < -0.39 is 10.9 Å². The summed E-state index contributed by atoms with van der Waals surface area (Å²) in [7, 11) is 0. The Labute approximate surface area is 118 Å². The van der Waals surface area contributed by atoms with Crippen LogP contribution in [0.1, 0.15) is 17.4 Å². The van der Waals surface area contributed by atoms with Crippen molar-refractivity contribution in [2.45, 2.75) is 6.92 Å². The van der Waals surface area contributed by atoms with Gasteiger partial charge in [0.15, 0.2) is 10.8 Å². The number of anilines is 2. The number of nitrogens with zero attached hydrogens (tertiary/aromatic N) is 2.